The highest BCUT2D eigenvalue weighted by molar-refractivity contribution is 5.80. The first-order valence-corrected chi connectivity index (χ1v) is 37.2. The van der Waals surface area contributed by atoms with Crippen molar-refractivity contribution < 1.29 is 50.0 Å². The van der Waals surface area contributed by atoms with Gasteiger partial charge in [0.15, 0.2) is 6.29 Å². The molecule has 11 nitrogen and oxygen atoms in total. The van der Waals surface area contributed by atoms with E-state index in [0.717, 1.165) is 44.9 Å². The first-order valence-electron chi connectivity index (χ1n) is 37.2. The highest BCUT2D eigenvalue weighted by Crippen LogP contribution is 2.24. The van der Waals surface area contributed by atoms with E-state index in [0.29, 0.717) is 19.3 Å². The number of carbonyl (C=O) groups is 1. The van der Waals surface area contributed by atoms with Crippen molar-refractivity contribution in [1.82, 2.24) is 5.32 Å². The van der Waals surface area contributed by atoms with Gasteiger partial charge in [-0.3, -0.25) is 4.79 Å². The second-order valence-electron chi connectivity index (χ2n) is 26.4. The number of allylic oxidation sites excluding steroid dienone is 4. The maximum atomic E-state index is 13.3. The molecule has 0 saturated carbocycles. The standard InChI is InChI=1S/C74H143NO10/c1-3-5-7-9-11-13-15-17-19-21-23-25-26-27-28-29-30-31-32-33-34-35-36-37-38-39-40-41-42-44-46-48-50-52-54-56-58-60-62-67(78)73(83)75-65(64-84-74-72(82)71(81)70(80)68(63-76)85-74)69(79)66(77)61-59-57-55-53-51-49-47-45-43-24-22-20-18-16-14-12-10-8-6-4-2/h30-31,33-34,65-72,74,76-82H,3-29,32,35-64H2,1-2H3,(H,75,83)/b31-30-,34-33-. The molecule has 1 fully saturated rings. The normalized spacial score (nSPS) is 18.9. The van der Waals surface area contributed by atoms with Crippen LogP contribution in [0.25, 0.3) is 0 Å². The van der Waals surface area contributed by atoms with E-state index in [1.807, 2.05) is 0 Å². The third kappa shape index (κ3) is 50.0. The van der Waals surface area contributed by atoms with Crippen LogP contribution in [-0.2, 0) is 14.3 Å². The Hall–Kier alpha value is -1.41. The minimum Gasteiger partial charge on any atom is -0.394 e. The van der Waals surface area contributed by atoms with Crippen LogP contribution < -0.4 is 5.32 Å². The Morgan fingerprint density at radius 1 is 0.412 bits per heavy atom. The van der Waals surface area contributed by atoms with Gasteiger partial charge in [-0.2, -0.15) is 0 Å². The number of aliphatic hydroxyl groups excluding tert-OH is 7. The van der Waals surface area contributed by atoms with Gasteiger partial charge in [-0.15, -0.1) is 0 Å². The van der Waals surface area contributed by atoms with E-state index in [1.165, 1.54) is 289 Å². The fourth-order valence-corrected chi connectivity index (χ4v) is 12.3. The lowest BCUT2D eigenvalue weighted by Crippen LogP contribution is -2.60. The molecular formula is C74H143NO10. The van der Waals surface area contributed by atoms with Crippen LogP contribution in [0.5, 0.6) is 0 Å². The fourth-order valence-electron chi connectivity index (χ4n) is 12.3. The van der Waals surface area contributed by atoms with E-state index in [-0.39, 0.29) is 6.42 Å². The van der Waals surface area contributed by atoms with Gasteiger partial charge in [0.25, 0.3) is 0 Å². The molecule has 0 aromatic rings. The van der Waals surface area contributed by atoms with Crippen molar-refractivity contribution in [3.8, 4) is 0 Å². The van der Waals surface area contributed by atoms with Crippen LogP contribution in [-0.4, -0.2) is 110 Å². The van der Waals surface area contributed by atoms with Crippen LogP contribution in [0.1, 0.15) is 373 Å². The molecule has 1 aliphatic heterocycles. The van der Waals surface area contributed by atoms with Gasteiger partial charge in [0, 0.05) is 0 Å². The Kier molecular flexibility index (Phi) is 60.3. The summed E-state index contributed by atoms with van der Waals surface area (Å²) in [7, 11) is 0. The van der Waals surface area contributed by atoms with Crippen LogP contribution in [0.15, 0.2) is 24.3 Å². The number of ether oxygens (including phenoxy) is 2. The summed E-state index contributed by atoms with van der Waals surface area (Å²) in [5.41, 5.74) is 0. The van der Waals surface area contributed by atoms with Crippen LogP contribution >= 0.6 is 0 Å². The van der Waals surface area contributed by atoms with Crippen molar-refractivity contribution in [2.24, 2.45) is 0 Å². The van der Waals surface area contributed by atoms with Gasteiger partial charge in [0.05, 0.1) is 25.4 Å². The minimum absolute atomic E-state index is 0.263. The topological polar surface area (TPSA) is 189 Å². The zero-order valence-electron chi connectivity index (χ0n) is 55.9. The molecule has 1 heterocycles. The third-order valence-corrected chi connectivity index (χ3v) is 18.3. The Morgan fingerprint density at radius 3 is 1.05 bits per heavy atom. The summed E-state index contributed by atoms with van der Waals surface area (Å²) < 4.78 is 11.2. The molecule has 0 aromatic carbocycles. The van der Waals surface area contributed by atoms with Gasteiger partial charge in [0.2, 0.25) is 5.91 Å². The van der Waals surface area contributed by atoms with Crippen molar-refractivity contribution >= 4 is 5.91 Å². The molecule has 9 unspecified atom stereocenters. The summed E-state index contributed by atoms with van der Waals surface area (Å²) in [6.45, 7) is 3.52. The van der Waals surface area contributed by atoms with Crippen LogP contribution in [0.3, 0.4) is 0 Å². The third-order valence-electron chi connectivity index (χ3n) is 18.3. The zero-order chi connectivity index (χ0) is 61.7. The van der Waals surface area contributed by atoms with E-state index >= 15 is 0 Å². The number of hydrogen-bond acceptors (Lipinski definition) is 10. The van der Waals surface area contributed by atoms with Gasteiger partial charge in [-0.05, 0) is 44.9 Å². The largest absolute Gasteiger partial charge is 0.394 e. The van der Waals surface area contributed by atoms with Gasteiger partial charge in [-0.1, -0.05) is 353 Å². The molecule has 11 heteroatoms. The van der Waals surface area contributed by atoms with Gasteiger partial charge < -0.3 is 50.5 Å². The average molecular weight is 1210 g/mol. The van der Waals surface area contributed by atoms with Crippen molar-refractivity contribution in [2.75, 3.05) is 13.2 Å². The lowest BCUT2D eigenvalue weighted by Gasteiger charge is -2.40. The Morgan fingerprint density at radius 2 is 0.718 bits per heavy atom. The van der Waals surface area contributed by atoms with Gasteiger partial charge in [-0.25, -0.2) is 0 Å². The number of hydrogen-bond donors (Lipinski definition) is 8. The second kappa shape index (κ2) is 62.8. The molecule has 504 valence electrons. The molecule has 1 saturated heterocycles. The van der Waals surface area contributed by atoms with Crippen LogP contribution in [0.2, 0.25) is 0 Å². The molecule has 85 heavy (non-hydrogen) atoms. The molecule has 0 bridgehead atoms. The number of carbonyl (C=O) groups excluding carboxylic acids is 1. The van der Waals surface area contributed by atoms with Crippen molar-refractivity contribution in [1.29, 1.82) is 0 Å². The minimum atomic E-state index is -1.66. The molecule has 9 atom stereocenters. The van der Waals surface area contributed by atoms with Crippen molar-refractivity contribution in [2.45, 2.75) is 428 Å². The summed E-state index contributed by atoms with van der Waals surface area (Å²) in [6, 6.07) is -1.17. The fraction of sp³-hybridized carbons (Fsp3) is 0.932. The zero-order valence-corrected chi connectivity index (χ0v) is 55.9. The molecule has 1 amide bonds. The number of rotatable bonds is 66. The lowest BCUT2D eigenvalue weighted by molar-refractivity contribution is -0.303. The quantitative estimate of drug-likeness (QED) is 0.0215. The molecule has 1 aliphatic rings. The summed E-state index contributed by atoms with van der Waals surface area (Å²) in [6.07, 6.45) is 68.5. The first kappa shape index (κ1) is 81.6. The molecule has 8 N–H and O–H groups in total. The van der Waals surface area contributed by atoms with Gasteiger partial charge in [0.1, 0.15) is 36.6 Å². The van der Waals surface area contributed by atoms with E-state index in [1.54, 1.807) is 0 Å². The first-order chi connectivity index (χ1) is 41.7. The Balaban J connectivity index is 2.12. The predicted octanol–water partition coefficient (Wildman–Crippen LogP) is 18.4. The van der Waals surface area contributed by atoms with Crippen molar-refractivity contribution in [3.05, 3.63) is 24.3 Å². The Bertz CT molecular complexity index is 1430. The summed E-state index contributed by atoms with van der Waals surface area (Å²) in [4.78, 5) is 13.3. The van der Waals surface area contributed by atoms with E-state index < -0.39 is 74.2 Å². The SMILES string of the molecule is CCCCCCCCCCCCCCCCC/C=C\C/C=C\CCCCCCCCCCCCCCCCCCC(O)C(=O)NC(COC1OC(CO)C(O)C(O)C1O)C(O)C(O)CCCCCCCCCCCCCCCCCCCCCC. The molecule has 0 radical (unpaired) electrons. The summed E-state index contributed by atoms with van der Waals surface area (Å²) in [5, 5.41) is 76.6. The molecular weight excluding hydrogens is 1060 g/mol. The van der Waals surface area contributed by atoms with Crippen molar-refractivity contribution in [3.63, 3.8) is 0 Å². The summed E-state index contributed by atoms with van der Waals surface area (Å²) >= 11 is 0. The molecule has 0 aliphatic carbocycles. The predicted molar refractivity (Wildman–Crippen MR) is 358 cm³/mol. The monoisotopic (exact) mass is 1210 g/mol. The van der Waals surface area contributed by atoms with Crippen LogP contribution in [0, 0.1) is 0 Å². The molecule has 0 spiro atoms. The van der Waals surface area contributed by atoms with E-state index in [2.05, 4.69) is 43.5 Å². The second-order valence-corrected chi connectivity index (χ2v) is 26.4. The van der Waals surface area contributed by atoms with E-state index in [4.69, 9.17) is 9.47 Å². The maximum absolute atomic E-state index is 13.3. The number of nitrogens with one attached hydrogen (secondary N) is 1. The van der Waals surface area contributed by atoms with Crippen LogP contribution in [0.4, 0.5) is 0 Å². The number of aliphatic hydroxyl groups is 7. The lowest BCUT2D eigenvalue weighted by atomic mass is 9.98. The van der Waals surface area contributed by atoms with Gasteiger partial charge >= 0.3 is 0 Å². The van der Waals surface area contributed by atoms with E-state index in [9.17, 15) is 40.5 Å². The smallest absolute Gasteiger partial charge is 0.249 e. The molecule has 1 rings (SSSR count). The Labute approximate surface area is 524 Å². The number of amides is 1. The highest BCUT2D eigenvalue weighted by Gasteiger charge is 2.44. The average Bonchev–Trinajstić information content (AvgIpc) is 3.67. The maximum Gasteiger partial charge on any atom is 0.249 e. The number of unbranched alkanes of at least 4 members (excludes halogenated alkanes) is 50. The molecule has 0 aromatic heterocycles. The highest BCUT2D eigenvalue weighted by atomic mass is 16.7. The summed E-state index contributed by atoms with van der Waals surface area (Å²) in [5.74, 6) is -0.690.